The van der Waals surface area contributed by atoms with Crippen LogP contribution in [0.5, 0.6) is 0 Å². The number of hydrogen-bond donors (Lipinski definition) is 2. The number of aryl methyl sites for hydroxylation is 1. The van der Waals surface area contributed by atoms with Gasteiger partial charge < -0.3 is 19.4 Å². The molecule has 4 heterocycles. The molecule has 3 aromatic heterocycles. The smallest absolute Gasteiger partial charge is 0.253 e. The second kappa shape index (κ2) is 9.02. The summed E-state index contributed by atoms with van der Waals surface area (Å²) in [4.78, 5) is 47.4. The molecule has 4 aromatic rings. The van der Waals surface area contributed by atoms with Crippen molar-refractivity contribution in [2.24, 2.45) is 13.0 Å². The monoisotopic (exact) mass is 559 g/mol. The van der Waals surface area contributed by atoms with Crippen LogP contribution in [0.3, 0.4) is 0 Å². The number of carbonyl (C=O) groups excluding carboxylic acids is 1. The van der Waals surface area contributed by atoms with E-state index in [1.807, 2.05) is 6.07 Å². The highest BCUT2D eigenvalue weighted by molar-refractivity contribution is 6.31. The van der Waals surface area contributed by atoms with Gasteiger partial charge in [-0.25, -0.2) is 9.37 Å². The van der Waals surface area contributed by atoms with E-state index in [4.69, 9.17) is 11.6 Å². The number of nitrogens with one attached hydrogen (secondary N) is 2. The topological polar surface area (TPSA) is 102 Å². The van der Waals surface area contributed by atoms with Gasteiger partial charge in [-0.05, 0) is 49.3 Å². The summed E-state index contributed by atoms with van der Waals surface area (Å²) < 4.78 is 18.5. The van der Waals surface area contributed by atoms with Gasteiger partial charge in [0.05, 0.1) is 28.5 Å². The molecule has 40 heavy (non-hydrogen) atoms. The highest BCUT2D eigenvalue weighted by atomic mass is 35.5. The van der Waals surface area contributed by atoms with Crippen LogP contribution in [-0.2, 0) is 13.5 Å². The van der Waals surface area contributed by atoms with E-state index >= 15 is 4.39 Å². The maximum atomic E-state index is 15.5. The Labute approximate surface area is 233 Å². The zero-order valence-corrected chi connectivity index (χ0v) is 22.6. The summed E-state index contributed by atoms with van der Waals surface area (Å²) in [5.74, 6) is 0.0279. The Bertz CT molecular complexity index is 1810. The molecule has 2 fully saturated rings. The number of H-pyrrole nitrogens is 1. The zero-order chi connectivity index (χ0) is 27.8. The molecule has 3 aliphatic rings. The molecule has 0 saturated heterocycles. The molecule has 0 radical (unpaired) electrons. The second-order valence-corrected chi connectivity index (χ2v) is 11.8. The number of amides is 1. The number of carbonyl (C=O) groups is 1. The maximum Gasteiger partial charge on any atom is 0.253 e. The van der Waals surface area contributed by atoms with Crippen molar-refractivity contribution < 1.29 is 9.18 Å². The minimum Gasteiger partial charge on any atom is -0.346 e. The fourth-order valence-corrected chi connectivity index (χ4v) is 5.93. The molecule has 1 aromatic carbocycles. The summed E-state index contributed by atoms with van der Waals surface area (Å²) in [5.41, 5.74) is 1.84. The normalized spacial score (nSPS) is 17.9. The van der Waals surface area contributed by atoms with Gasteiger partial charge in [0.2, 0.25) is 0 Å². The van der Waals surface area contributed by atoms with E-state index in [1.54, 1.807) is 31.7 Å². The lowest BCUT2D eigenvalue weighted by atomic mass is 9.89. The number of nitrogens with zero attached hydrogens (tertiary/aromatic N) is 3. The maximum absolute atomic E-state index is 15.5. The molecule has 8 nitrogen and oxygen atoms in total. The highest BCUT2D eigenvalue weighted by Gasteiger charge is 2.46. The molecule has 2 N–H and O–H groups in total. The predicted molar refractivity (Wildman–Crippen MR) is 149 cm³/mol. The Hall–Kier alpha value is -3.98. The predicted octanol–water partition coefficient (Wildman–Crippen LogP) is 4.60. The van der Waals surface area contributed by atoms with E-state index in [0.717, 1.165) is 31.2 Å². The fraction of sp³-hybridized carbons (Fsp3) is 0.333. The van der Waals surface area contributed by atoms with Crippen LogP contribution >= 0.6 is 11.6 Å². The molecule has 10 heteroatoms. The first-order chi connectivity index (χ1) is 19.2. The van der Waals surface area contributed by atoms with Gasteiger partial charge in [0.15, 0.2) is 0 Å². The third kappa shape index (κ3) is 4.29. The van der Waals surface area contributed by atoms with E-state index in [0.29, 0.717) is 35.8 Å². The zero-order valence-electron chi connectivity index (χ0n) is 21.8. The number of rotatable bonds is 5. The van der Waals surface area contributed by atoms with Crippen molar-refractivity contribution in [1.82, 2.24) is 24.4 Å². The van der Waals surface area contributed by atoms with Gasteiger partial charge in [-0.1, -0.05) is 30.5 Å². The number of imidazole rings is 1. The van der Waals surface area contributed by atoms with E-state index in [1.165, 1.54) is 27.3 Å². The Balaban J connectivity index is 1.37. The van der Waals surface area contributed by atoms with Crippen molar-refractivity contribution in [1.29, 1.82) is 0 Å². The largest absolute Gasteiger partial charge is 0.346 e. The van der Waals surface area contributed by atoms with Gasteiger partial charge in [-0.15, -0.1) is 0 Å². The summed E-state index contributed by atoms with van der Waals surface area (Å²) in [7, 11) is 1.68. The number of aromatic amines is 1. The van der Waals surface area contributed by atoms with Crippen molar-refractivity contribution in [3.05, 3.63) is 97.4 Å². The number of benzene rings is 1. The van der Waals surface area contributed by atoms with E-state index < -0.39 is 17.4 Å². The van der Waals surface area contributed by atoms with Crippen molar-refractivity contribution in [2.75, 3.05) is 0 Å². The van der Waals surface area contributed by atoms with Gasteiger partial charge in [0.25, 0.3) is 17.0 Å². The standard InChI is InChI=1S/C30H27ClFN5O3/c1-36-9-6-17(11-24(36)38)22-14-33-28(34-22)23(10-16-2-3-16)37-15-20-19(12-25(37)39)26-18(4-5-21(31)27(26)32)13-30(7-8-30)35-29(20)40/h4-6,9,11-12,14-16,23H,2-3,7-8,10,13H2,1H3,(H,33,34)(H,35,40)/t23-/m1/s1. The lowest BCUT2D eigenvalue weighted by Gasteiger charge is -2.26. The molecular weight excluding hydrogens is 533 g/mol. The molecular formula is C30H27ClFN5O3. The van der Waals surface area contributed by atoms with Gasteiger partial charge >= 0.3 is 0 Å². The van der Waals surface area contributed by atoms with Gasteiger partial charge in [-0.2, -0.15) is 0 Å². The number of fused-ring (bicyclic) bond motifs is 3. The summed E-state index contributed by atoms with van der Waals surface area (Å²) in [5, 5.41) is 3.10. The first kappa shape index (κ1) is 25.0. The third-order valence-corrected chi connectivity index (χ3v) is 8.74. The molecule has 204 valence electrons. The van der Waals surface area contributed by atoms with Gasteiger partial charge in [0, 0.05) is 53.8 Å². The van der Waals surface area contributed by atoms with Crippen LogP contribution in [0.15, 0.2) is 58.5 Å². The van der Waals surface area contributed by atoms with E-state index in [-0.39, 0.29) is 38.7 Å². The molecule has 1 aliphatic heterocycles. The summed E-state index contributed by atoms with van der Waals surface area (Å²) in [6, 6.07) is 7.54. The van der Waals surface area contributed by atoms with Crippen LogP contribution in [0, 0.1) is 11.7 Å². The van der Waals surface area contributed by atoms with Crippen LogP contribution in [0.25, 0.3) is 22.4 Å². The highest BCUT2D eigenvalue weighted by Crippen LogP contribution is 2.45. The lowest BCUT2D eigenvalue weighted by molar-refractivity contribution is 0.0930. The van der Waals surface area contributed by atoms with Crippen LogP contribution in [0.1, 0.15) is 59.9 Å². The average molecular weight is 560 g/mol. The SMILES string of the molecule is Cn1ccc(-c2cnc([C@@H](CC3CC3)n3cc4c(cc3=O)-c3c(ccc(Cl)c3F)CC3(CC3)NC4=O)[nH]2)cc1=O. The number of aromatic nitrogens is 4. The van der Waals surface area contributed by atoms with Crippen molar-refractivity contribution >= 4 is 17.5 Å². The number of halogens is 2. The Morgan fingerprint density at radius 1 is 1.12 bits per heavy atom. The molecule has 2 saturated carbocycles. The molecule has 1 amide bonds. The van der Waals surface area contributed by atoms with E-state index in [2.05, 4.69) is 15.3 Å². The van der Waals surface area contributed by atoms with Crippen LogP contribution in [0.4, 0.5) is 4.39 Å². The van der Waals surface area contributed by atoms with Crippen LogP contribution in [-0.4, -0.2) is 30.5 Å². The number of pyridine rings is 2. The Morgan fingerprint density at radius 3 is 2.65 bits per heavy atom. The lowest BCUT2D eigenvalue weighted by Crippen LogP contribution is -2.41. The minimum absolute atomic E-state index is 0.0508. The van der Waals surface area contributed by atoms with Gasteiger partial charge in [-0.3, -0.25) is 14.4 Å². The molecule has 0 unspecified atom stereocenters. The third-order valence-electron chi connectivity index (χ3n) is 8.45. The van der Waals surface area contributed by atoms with Crippen LogP contribution in [0.2, 0.25) is 5.02 Å². The molecule has 7 rings (SSSR count). The van der Waals surface area contributed by atoms with Crippen molar-refractivity contribution in [3.63, 3.8) is 0 Å². The van der Waals surface area contributed by atoms with Gasteiger partial charge in [0.1, 0.15) is 11.6 Å². The quantitative estimate of drug-likeness (QED) is 0.373. The summed E-state index contributed by atoms with van der Waals surface area (Å²) in [6.45, 7) is 0. The Kier molecular flexibility index (Phi) is 5.64. The van der Waals surface area contributed by atoms with Crippen LogP contribution < -0.4 is 16.4 Å². The number of hydrogen-bond acceptors (Lipinski definition) is 4. The summed E-state index contributed by atoms with van der Waals surface area (Å²) in [6.07, 6.45) is 9.74. The van der Waals surface area contributed by atoms with Crippen molar-refractivity contribution in [2.45, 2.75) is 50.1 Å². The fourth-order valence-electron chi connectivity index (χ4n) is 5.77. The first-order valence-corrected chi connectivity index (χ1v) is 13.9. The average Bonchev–Trinajstić information content (AvgIpc) is 3.84. The summed E-state index contributed by atoms with van der Waals surface area (Å²) >= 11 is 6.17. The molecule has 1 atom stereocenters. The molecule has 1 spiro atoms. The second-order valence-electron chi connectivity index (χ2n) is 11.4. The van der Waals surface area contributed by atoms with E-state index in [9.17, 15) is 14.4 Å². The Morgan fingerprint density at radius 2 is 1.93 bits per heavy atom. The molecule has 0 bridgehead atoms. The minimum atomic E-state index is -0.623. The first-order valence-electron chi connectivity index (χ1n) is 13.5. The molecule has 2 aliphatic carbocycles. The van der Waals surface area contributed by atoms with Crippen molar-refractivity contribution in [3.8, 4) is 22.4 Å².